The van der Waals surface area contributed by atoms with Gasteiger partial charge in [-0.1, -0.05) is 0 Å². The number of hydrogen-bond donors (Lipinski definition) is 0. The topological polar surface area (TPSA) is 59.9 Å². The van der Waals surface area contributed by atoms with Gasteiger partial charge < -0.3 is 0 Å². The molecule has 0 aliphatic carbocycles. The number of rotatable bonds is 6. The second-order valence-corrected chi connectivity index (χ2v) is 8.23. The van der Waals surface area contributed by atoms with Gasteiger partial charge in [-0.2, -0.15) is 0 Å². The second kappa shape index (κ2) is 7.27. The predicted molar refractivity (Wildman–Crippen MR) is 105 cm³/mol. The third kappa shape index (κ3) is 3.34. The summed E-state index contributed by atoms with van der Waals surface area (Å²) >= 11 is 3.49. The number of fused-ring (bicyclic) bond motifs is 1. The standard InChI is InChI=1S/C20H14N2O2S2/c23-11-15-9-21-3-1-13(15)5-17-7-19-20(25-17)8-18(26-19)6-14-2-4-22-10-16(14)12-24/h1-4,7-12H,5-6H2. The molecular weight excluding hydrogens is 364 g/mol. The summed E-state index contributed by atoms with van der Waals surface area (Å²) in [5.41, 5.74) is 3.28. The Bertz CT molecular complexity index is 984. The Morgan fingerprint density at radius 1 is 0.769 bits per heavy atom. The van der Waals surface area contributed by atoms with Gasteiger partial charge in [0.15, 0.2) is 12.6 Å². The van der Waals surface area contributed by atoms with Gasteiger partial charge in [0.05, 0.1) is 0 Å². The number of nitrogens with zero attached hydrogens (tertiary/aromatic N) is 2. The lowest BCUT2D eigenvalue weighted by Crippen LogP contribution is -1.94. The Morgan fingerprint density at radius 2 is 1.23 bits per heavy atom. The van der Waals surface area contributed by atoms with Gasteiger partial charge in [-0.25, -0.2) is 0 Å². The van der Waals surface area contributed by atoms with Gasteiger partial charge in [-0.15, -0.1) is 22.7 Å². The molecule has 0 saturated heterocycles. The molecule has 0 aliphatic heterocycles. The van der Waals surface area contributed by atoms with Crippen molar-refractivity contribution in [1.82, 2.24) is 9.97 Å². The molecule has 0 unspecified atom stereocenters. The number of carbonyl (C=O) groups is 2. The van der Waals surface area contributed by atoms with Gasteiger partial charge in [-0.05, 0) is 35.4 Å². The number of thiophene rings is 2. The average molecular weight is 378 g/mol. The molecule has 0 atom stereocenters. The highest BCUT2D eigenvalue weighted by Gasteiger charge is 2.11. The first-order chi connectivity index (χ1) is 12.8. The first-order valence-corrected chi connectivity index (χ1v) is 9.67. The third-order valence-corrected chi connectivity index (χ3v) is 6.48. The Kier molecular flexibility index (Phi) is 4.69. The van der Waals surface area contributed by atoms with Crippen LogP contribution >= 0.6 is 22.7 Å². The minimum Gasteiger partial charge on any atom is -0.298 e. The largest absolute Gasteiger partial charge is 0.298 e. The Balaban J connectivity index is 1.58. The molecule has 128 valence electrons. The van der Waals surface area contributed by atoms with Crippen molar-refractivity contribution in [1.29, 1.82) is 0 Å². The fourth-order valence-electron chi connectivity index (χ4n) is 2.89. The molecule has 0 aliphatic rings. The van der Waals surface area contributed by atoms with Crippen LogP contribution < -0.4 is 0 Å². The summed E-state index contributed by atoms with van der Waals surface area (Å²) in [6, 6.07) is 8.17. The van der Waals surface area contributed by atoms with Crippen LogP contribution in [0.4, 0.5) is 0 Å². The van der Waals surface area contributed by atoms with Crippen molar-refractivity contribution in [3.8, 4) is 0 Å². The maximum atomic E-state index is 11.1. The zero-order valence-corrected chi connectivity index (χ0v) is 15.3. The van der Waals surface area contributed by atoms with E-state index in [4.69, 9.17) is 0 Å². The quantitative estimate of drug-likeness (QED) is 0.462. The number of pyridine rings is 2. The van der Waals surface area contributed by atoms with Gasteiger partial charge in [0.25, 0.3) is 0 Å². The fourth-order valence-corrected chi connectivity index (χ4v) is 5.38. The summed E-state index contributed by atoms with van der Waals surface area (Å²) in [6.07, 6.45) is 9.83. The second-order valence-electron chi connectivity index (χ2n) is 5.89. The summed E-state index contributed by atoms with van der Waals surface area (Å²) in [5.74, 6) is 0. The monoisotopic (exact) mass is 378 g/mol. The molecule has 6 heteroatoms. The lowest BCUT2D eigenvalue weighted by atomic mass is 10.1. The smallest absolute Gasteiger partial charge is 0.151 e. The van der Waals surface area contributed by atoms with Crippen molar-refractivity contribution in [2.75, 3.05) is 0 Å². The predicted octanol–water partition coefficient (Wildman–Crippen LogP) is 4.56. The number of hydrogen-bond acceptors (Lipinski definition) is 6. The molecular formula is C20H14N2O2S2. The molecule has 4 nitrogen and oxygen atoms in total. The maximum absolute atomic E-state index is 11.1. The minimum atomic E-state index is 0.643. The Morgan fingerprint density at radius 3 is 1.65 bits per heavy atom. The first-order valence-electron chi connectivity index (χ1n) is 8.04. The van der Waals surface area contributed by atoms with Gasteiger partial charge in [-0.3, -0.25) is 19.6 Å². The van der Waals surface area contributed by atoms with Crippen molar-refractivity contribution in [2.24, 2.45) is 0 Å². The highest BCUT2D eigenvalue weighted by molar-refractivity contribution is 7.27. The van der Waals surface area contributed by atoms with E-state index in [9.17, 15) is 9.59 Å². The Labute approximate surface area is 158 Å². The van der Waals surface area contributed by atoms with Crippen LogP contribution in [0, 0.1) is 0 Å². The van der Waals surface area contributed by atoms with Crippen molar-refractivity contribution in [2.45, 2.75) is 12.8 Å². The fraction of sp³-hybridized carbons (Fsp3) is 0.100. The average Bonchev–Trinajstić information content (AvgIpc) is 3.20. The van der Waals surface area contributed by atoms with E-state index < -0.39 is 0 Å². The van der Waals surface area contributed by atoms with E-state index >= 15 is 0 Å². The van der Waals surface area contributed by atoms with Gasteiger partial charge in [0, 0.05) is 67.9 Å². The van der Waals surface area contributed by atoms with Crippen LogP contribution in [-0.4, -0.2) is 22.5 Å². The lowest BCUT2D eigenvalue weighted by molar-refractivity contribution is 0.111. The van der Waals surface area contributed by atoms with Crippen LogP contribution in [0.3, 0.4) is 0 Å². The minimum absolute atomic E-state index is 0.643. The number of aromatic nitrogens is 2. The van der Waals surface area contributed by atoms with E-state index in [1.54, 1.807) is 47.5 Å². The van der Waals surface area contributed by atoms with Crippen LogP contribution in [0.25, 0.3) is 9.40 Å². The molecule has 0 amide bonds. The molecule has 0 N–H and O–H groups in total. The maximum Gasteiger partial charge on any atom is 0.151 e. The summed E-state index contributed by atoms with van der Waals surface area (Å²) in [6.45, 7) is 0. The highest BCUT2D eigenvalue weighted by atomic mass is 32.1. The van der Waals surface area contributed by atoms with E-state index in [1.807, 2.05) is 12.1 Å². The zero-order valence-electron chi connectivity index (χ0n) is 13.7. The first kappa shape index (κ1) is 16.8. The molecule has 4 rings (SSSR count). The summed E-state index contributed by atoms with van der Waals surface area (Å²) < 4.78 is 2.48. The van der Waals surface area contributed by atoms with Crippen molar-refractivity contribution in [3.05, 3.63) is 81.1 Å². The van der Waals surface area contributed by atoms with E-state index in [2.05, 4.69) is 22.1 Å². The van der Waals surface area contributed by atoms with Crippen LogP contribution in [0.5, 0.6) is 0 Å². The molecule has 0 aromatic carbocycles. The van der Waals surface area contributed by atoms with E-state index in [0.29, 0.717) is 11.1 Å². The summed E-state index contributed by atoms with van der Waals surface area (Å²) in [7, 11) is 0. The van der Waals surface area contributed by atoms with Crippen LogP contribution in [0.1, 0.15) is 41.6 Å². The molecule has 26 heavy (non-hydrogen) atoms. The highest BCUT2D eigenvalue weighted by Crippen LogP contribution is 2.35. The molecule has 4 aromatic rings. The Hall–Kier alpha value is -2.70. The zero-order chi connectivity index (χ0) is 17.9. The molecule has 0 saturated carbocycles. The molecule has 0 spiro atoms. The van der Waals surface area contributed by atoms with Crippen molar-refractivity contribution >= 4 is 44.6 Å². The lowest BCUT2D eigenvalue weighted by Gasteiger charge is -2.02. The van der Waals surface area contributed by atoms with Gasteiger partial charge in [0.2, 0.25) is 0 Å². The molecule has 0 bridgehead atoms. The summed E-state index contributed by atoms with van der Waals surface area (Å²) in [4.78, 5) is 32.7. The SMILES string of the molecule is O=Cc1cnccc1Cc1cc2sc(Cc3ccncc3C=O)cc2s1. The van der Waals surface area contributed by atoms with Crippen LogP contribution in [0.2, 0.25) is 0 Å². The molecule has 4 heterocycles. The van der Waals surface area contributed by atoms with Crippen LogP contribution in [-0.2, 0) is 12.8 Å². The van der Waals surface area contributed by atoms with Crippen molar-refractivity contribution < 1.29 is 9.59 Å². The van der Waals surface area contributed by atoms with E-state index in [0.717, 1.165) is 36.5 Å². The van der Waals surface area contributed by atoms with E-state index in [1.165, 1.54) is 19.2 Å². The van der Waals surface area contributed by atoms with Gasteiger partial charge in [0.1, 0.15) is 0 Å². The van der Waals surface area contributed by atoms with Crippen LogP contribution in [0.15, 0.2) is 49.1 Å². The van der Waals surface area contributed by atoms with E-state index in [-0.39, 0.29) is 0 Å². The van der Waals surface area contributed by atoms with Gasteiger partial charge >= 0.3 is 0 Å². The molecule has 0 radical (unpaired) electrons. The molecule has 0 fully saturated rings. The third-order valence-electron chi connectivity index (χ3n) is 4.18. The molecule has 4 aromatic heterocycles. The summed E-state index contributed by atoms with van der Waals surface area (Å²) in [5, 5.41) is 0. The number of aldehydes is 2. The normalized spacial score (nSPS) is 10.9. The number of carbonyl (C=O) groups excluding carboxylic acids is 2. The van der Waals surface area contributed by atoms with Crippen molar-refractivity contribution in [3.63, 3.8) is 0 Å².